The van der Waals surface area contributed by atoms with Crippen LogP contribution in [0.4, 0.5) is 75.4 Å². The molecule has 1 aromatic rings. The molecule has 0 aliphatic heterocycles. The Morgan fingerprint density at radius 3 is 1.53 bits per heavy atom. The third-order valence-electron chi connectivity index (χ3n) is 3.60. The molecule has 0 aliphatic rings. The van der Waals surface area contributed by atoms with E-state index in [0.29, 0.717) is 11.5 Å². The van der Waals surface area contributed by atoms with Crippen molar-refractivity contribution in [1.82, 2.24) is 4.98 Å². The summed E-state index contributed by atoms with van der Waals surface area (Å²) in [5.74, 6) is -59.7. The number of carbonyl (C=O) groups excluding carboxylic acids is 1. The zero-order chi connectivity index (χ0) is 25.8. The van der Waals surface area contributed by atoms with Gasteiger partial charge in [0.2, 0.25) is 0 Å². The first-order valence-electron chi connectivity index (χ1n) is 7.08. The van der Waals surface area contributed by atoms with E-state index in [1.807, 2.05) is 0 Å². The van der Waals surface area contributed by atoms with E-state index in [2.05, 4.69) is 4.98 Å². The van der Waals surface area contributed by atoms with Crippen molar-refractivity contribution < 1.29 is 75.0 Å². The van der Waals surface area contributed by atoms with E-state index >= 15 is 0 Å². The van der Waals surface area contributed by atoms with Gasteiger partial charge in [-0.1, -0.05) is 0 Å². The second-order valence-electron chi connectivity index (χ2n) is 5.66. The average molecular weight is 528 g/mol. The van der Waals surface area contributed by atoms with Gasteiger partial charge in [0.15, 0.2) is 5.13 Å². The molecule has 0 unspecified atom stereocenters. The van der Waals surface area contributed by atoms with E-state index in [4.69, 9.17) is 0 Å². The lowest BCUT2D eigenvalue weighted by atomic mass is 9.89. The summed E-state index contributed by atoms with van der Waals surface area (Å²) in [5.41, 5.74) is 0. The van der Waals surface area contributed by atoms with Crippen molar-refractivity contribution in [3.8, 4) is 0 Å². The quantitative estimate of drug-likeness (QED) is 0.413. The summed E-state index contributed by atoms with van der Waals surface area (Å²) >= 11 is 0.174. The molecule has 0 aliphatic carbocycles. The standard InChI is InChI=1S/C12H4F16N2OS/c13-3(14)6(15,16)8(19,20)10(23,24)12(27,28)11(25,26)9(21,22)7(17,18)4(31)30-5-29-1-2-32-5/h1-3H,(H,29,30,31). The number of nitrogens with one attached hydrogen (secondary N) is 1. The van der Waals surface area contributed by atoms with Crippen LogP contribution in [0.2, 0.25) is 0 Å². The normalized spacial score (nSPS) is 15.3. The van der Waals surface area contributed by atoms with Crippen LogP contribution >= 0.6 is 11.3 Å². The Morgan fingerprint density at radius 1 is 0.750 bits per heavy atom. The molecule has 0 spiro atoms. The minimum Gasteiger partial charge on any atom is -0.296 e. The lowest BCUT2D eigenvalue weighted by molar-refractivity contribution is -0.443. The van der Waals surface area contributed by atoms with Gasteiger partial charge in [0.1, 0.15) is 0 Å². The van der Waals surface area contributed by atoms with Gasteiger partial charge >= 0.3 is 53.8 Å². The average Bonchev–Trinajstić information content (AvgIpc) is 3.13. The molecular weight excluding hydrogens is 524 g/mol. The molecular formula is C12H4F16N2OS. The van der Waals surface area contributed by atoms with Gasteiger partial charge in [-0.05, 0) is 0 Å². The van der Waals surface area contributed by atoms with Crippen LogP contribution in [0.1, 0.15) is 0 Å². The van der Waals surface area contributed by atoms with Crippen molar-refractivity contribution in [2.75, 3.05) is 5.32 Å². The highest BCUT2D eigenvalue weighted by Gasteiger charge is 2.94. The maximum atomic E-state index is 13.6. The molecule has 32 heavy (non-hydrogen) atoms. The smallest absolute Gasteiger partial charge is 0.296 e. The third-order valence-corrected chi connectivity index (χ3v) is 4.29. The number of rotatable bonds is 9. The largest absolute Gasteiger partial charge is 0.393 e. The van der Waals surface area contributed by atoms with Crippen molar-refractivity contribution in [1.29, 1.82) is 0 Å². The maximum absolute atomic E-state index is 13.6. The highest BCUT2D eigenvalue weighted by Crippen LogP contribution is 2.62. The summed E-state index contributed by atoms with van der Waals surface area (Å²) in [5, 5.41) is 0.548. The van der Waals surface area contributed by atoms with Crippen molar-refractivity contribution in [3.63, 3.8) is 0 Å². The number of aromatic nitrogens is 1. The lowest BCUT2D eigenvalue weighted by Gasteiger charge is -2.42. The predicted octanol–water partition coefficient (Wildman–Crippen LogP) is 5.79. The second-order valence-corrected chi connectivity index (χ2v) is 6.56. The van der Waals surface area contributed by atoms with Crippen molar-refractivity contribution in [2.45, 2.75) is 47.9 Å². The van der Waals surface area contributed by atoms with Gasteiger partial charge < -0.3 is 0 Å². The van der Waals surface area contributed by atoms with Crippen LogP contribution in [-0.2, 0) is 4.79 Å². The molecule has 20 heteroatoms. The Bertz CT molecular complexity index is 821. The van der Waals surface area contributed by atoms with E-state index in [9.17, 15) is 75.0 Å². The number of nitrogens with zero attached hydrogens (tertiary/aromatic N) is 1. The first-order chi connectivity index (χ1) is 13.9. The fraction of sp³-hybridized carbons (Fsp3) is 0.667. The molecule has 1 rings (SSSR count). The Hall–Kier alpha value is -2.02. The highest BCUT2D eigenvalue weighted by molar-refractivity contribution is 7.13. The molecule has 0 saturated carbocycles. The number of hydrogen-bond acceptors (Lipinski definition) is 3. The molecule has 3 nitrogen and oxygen atoms in total. The van der Waals surface area contributed by atoms with Crippen LogP contribution in [0.25, 0.3) is 0 Å². The van der Waals surface area contributed by atoms with Crippen LogP contribution < -0.4 is 5.32 Å². The summed E-state index contributed by atoms with van der Waals surface area (Å²) in [6.45, 7) is 0. The molecule has 1 aromatic heterocycles. The van der Waals surface area contributed by atoms with Gasteiger partial charge in [-0.3, -0.25) is 10.1 Å². The highest BCUT2D eigenvalue weighted by atomic mass is 32.1. The van der Waals surface area contributed by atoms with Crippen LogP contribution in [0.5, 0.6) is 0 Å². The first kappa shape index (κ1) is 28.0. The van der Waals surface area contributed by atoms with Gasteiger partial charge in [0.05, 0.1) is 0 Å². The van der Waals surface area contributed by atoms with E-state index < -0.39 is 58.9 Å². The molecule has 0 radical (unpaired) electrons. The molecule has 1 amide bonds. The summed E-state index contributed by atoms with van der Waals surface area (Å²) in [4.78, 5) is 14.1. The van der Waals surface area contributed by atoms with Gasteiger partial charge in [0.25, 0.3) is 0 Å². The zero-order valence-corrected chi connectivity index (χ0v) is 14.9. The molecule has 0 fully saturated rings. The first-order valence-corrected chi connectivity index (χ1v) is 7.96. The number of carbonyl (C=O) groups is 1. The summed E-state index contributed by atoms with van der Waals surface area (Å²) in [7, 11) is 0. The number of halogens is 16. The van der Waals surface area contributed by atoms with E-state index in [1.54, 1.807) is 0 Å². The third kappa shape index (κ3) is 3.62. The molecule has 186 valence electrons. The molecule has 1 heterocycles. The van der Waals surface area contributed by atoms with E-state index in [-0.39, 0.29) is 11.3 Å². The number of thiazole rings is 1. The topological polar surface area (TPSA) is 42.0 Å². The Morgan fingerprint density at radius 2 is 1.16 bits per heavy atom. The number of anilines is 1. The van der Waals surface area contributed by atoms with Crippen LogP contribution in [0, 0.1) is 0 Å². The van der Waals surface area contributed by atoms with E-state index in [0.717, 1.165) is 5.38 Å². The Labute approximate surface area is 168 Å². The monoisotopic (exact) mass is 528 g/mol. The molecule has 0 bridgehead atoms. The number of hydrogen-bond donors (Lipinski definition) is 1. The fourth-order valence-corrected chi connectivity index (χ4v) is 2.26. The van der Waals surface area contributed by atoms with Gasteiger partial charge in [-0.15, -0.1) is 11.3 Å². The number of alkyl halides is 16. The van der Waals surface area contributed by atoms with Gasteiger partial charge in [-0.25, -0.2) is 13.8 Å². The lowest BCUT2D eigenvalue weighted by Crippen LogP contribution is -2.74. The maximum Gasteiger partial charge on any atom is 0.393 e. The van der Waals surface area contributed by atoms with Crippen molar-refractivity contribution in [3.05, 3.63) is 11.6 Å². The zero-order valence-electron chi connectivity index (χ0n) is 14.0. The molecule has 0 aromatic carbocycles. The Balaban J connectivity index is 3.53. The van der Waals surface area contributed by atoms with Crippen LogP contribution in [0.15, 0.2) is 11.6 Å². The fourth-order valence-electron chi connectivity index (χ4n) is 1.74. The SMILES string of the molecule is O=C(Nc1nccs1)C(F)(F)C(F)(F)C(F)(F)C(F)(F)C(F)(F)C(F)(F)C(F)(F)C(F)F. The number of amides is 1. The summed E-state index contributed by atoms with van der Waals surface area (Å²) < 4.78 is 210. The Kier molecular flexibility index (Phi) is 6.82. The van der Waals surface area contributed by atoms with Gasteiger partial charge in [-0.2, -0.15) is 61.5 Å². The van der Waals surface area contributed by atoms with Crippen molar-refractivity contribution in [2.24, 2.45) is 0 Å². The summed E-state index contributed by atoms with van der Waals surface area (Å²) in [6.07, 6.45) is -5.20. The molecule has 0 atom stereocenters. The van der Waals surface area contributed by atoms with Gasteiger partial charge in [0, 0.05) is 11.6 Å². The molecule has 0 saturated heterocycles. The summed E-state index contributed by atoms with van der Waals surface area (Å²) in [6, 6.07) is 0. The predicted molar refractivity (Wildman–Crippen MR) is 71.4 cm³/mol. The molecule has 1 N–H and O–H groups in total. The van der Waals surface area contributed by atoms with Crippen LogP contribution in [-0.4, -0.2) is 58.8 Å². The van der Waals surface area contributed by atoms with Crippen molar-refractivity contribution >= 4 is 22.4 Å². The minimum absolute atomic E-state index is 0.174. The minimum atomic E-state index is -8.55. The second kappa shape index (κ2) is 7.79. The van der Waals surface area contributed by atoms with E-state index in [1.165, 1.54) is 0 Å². The van der Waals surface area contributed by atoms with Crippen LogP contribution in [0.3, 0.4) is 0 Å².